The van der Waals surface area contributed by atoms with Gasteiger partial charge < -0.3 is 19.8 Å². The number of rotatable bonds is 10. The number of aromatic amines is 1. The Labute approximate surface area is 205 Å². The Bertz CT molecular complexity index is 1330. The van der Waals surface area contributed by atoms with Crippen LogP contribution < -0.4 is 10.9 Å². The zero-order valence-corrected chi connectivity index (χ0v) is 20.5. The summed E-state index contributed by atoms with van der Waals surface area (Å²) in [7, 11) is 1.69. The zero-order valence-electron chi connectivity index (χ0n) is 19.7. The summed E-state index contributed by atoms with van der Waals surface area (Å²) in [6.07, 6.45) is 1.43. The molecule has 0 aliphatic carbocycles. The molecule has 35 heavy (non-hydrogen) atoms. The van der Waals surface area contributed by atoms with Gasteiger partial charge in [-0.25, -0.2) is 14.6 Å². The van der Waals surface area contributed by atoms with Crippen molar-refractivity contribution in [1.82, 2.24) is 14.9 Å². The molecule has 2 heterocycles. The van der Waals surface area contributed by atoms with E-state index >= 15 is 0 Å². The lowest BCUT2D eigenvalue weighted by atomic mass is 10.1. The lowest BCUT2D eigenvalue weighted by Crippen LogP contribution is -2.31. The molecule has 0 saturated carbocycles. The van der Waals surface area contributed by atoms with Gasteiger partial charge >= 0.3 is 11.9 Å². The molecule has 0 spiro atoms. The van der Waals surface area contributed by atoms with Gasteiger partial charge in [0.1, 0.15) is 22.3 Å². The zero-order chi connectivity index (χ0) is 25.5. The van der Waals surface area contributed by atoms with Gasteiger partial charge in [-0.1, -0.05) is 24.8 Å². The van der Waals surface area contributed by atoms with Crippen molar-refractivity contribution in [3.8, 4) is 0 Å². The van der Waals surface area contributed by atoms with Crippen LogP contribution in [0.2, 0.25) is 0 Å². The largest absolute Gasteiger partial charge is 0.462 e. The molecule has 10 nitrogen and oxygen atoms in total. The summed E-state index contributed by atoms with van der Waals surface area (Å²) >= 11 is 0.942. The maximum Gasteiger partial charge on any atom is 0.348 e. The number of esters is 2. The Kier molecular flexibility index (Phi) is 8.50. The third-order valence-electron chi connectivity index (χ3n) is 4.89. The van der Waals surface area contributed by atoms with Gasteiger partial charge in [0.05, 0.1) is 36.2 Å². The average molecular weight is 499 g/mol. The van der Waals surface area contributed by atoms with Crippen LogP contribution in [0.15, 0.2) is 41.7 Å². The second kappa shape index (κ2) is 11.5. The number of ether oxygens (including phenoxy) is 2. The number of hydrogen-bond acceptors (Lipinski definition) is 9. The predicted molar refractivity (Wildman–Crippen MR) is 133 cm³/mol. The Hall–Kier alpha value is -3.83. The van der Waals surface area contributed by atoms with Crippen LogP contribution in [0.1, 0.15) is 38.3 Å². The molecule has 0 fully saturated rings. The van der Waals surface area contributed by atoms with Crippen LogP contribution in [0.25, 0.3) is 10.9 Å². The van der Waals surface area contributed by atoms with Crippen LogP contribution >= 0.6 is 11.3 Å². The van der Waals surface area contributed by atoms with Crippen molar-refractivity contribution in [3.05, 3.63) is 69.1 Å². The number of nitrogens with zero attached hydrogens (tertiary/aromatic N) is 2. The molecule has 0 atom stereocenters. The molecular formula is C24H26N4O6S. The van der Waals surface area contributed by atoms with E-state index in [2.05, 4.69) is 21.9 Å². The van der Waals surface area contributed by atoms with Gasteiger partial charge in [0.25, 0.3) is 5.56 Å². The van der Waals surface area contributed by atoms with E-state index < -0.39 is 17.8 Å². The fraction of sp³-hybridized carbons (Fsp3) is 0.292. The van der Waals surface area contributed by atoms with Crippen molar-refractivity contribution in [3.63, 3.8) is 0 Å². The van der Waals surface area contributed by atoms with Gasteiger partial charge in [0.2, 0.25) is 5.91 Å². The molecule has 2 aromatic heterocycles. The quantitative estimate of drug-likeness (QED) is 0.322. The predicted octanol–water partition coefficient (Wildman–Crippen LogP) is 2.88. The number of hydrogen-bond donors (Lipinski definition) is 2. The summed E-state index contributed by atoms with van der Waals surface area (Å²) in [5.74, 6) is -1.28. The number of H-pyrrole nitrogens is 1. The molecule has 0 saturated heterocycles. The van der Waals surface area contributed by atoms with E-state index in [0.29, 0.717) is 22.3 Å². The summed E-state index contributed by atoms with van der Waals surface area (Å²) in [6, 6.07) is 6.99. The molecule has 0 bridgehead atoms. The lowest BCUT2D eigenvalue weighted by molar-refractivity contribution is -0.117. The van der Waals surface area contributed by atoms with Crippen LogP contribution in [0, 0.1) is 6.92 Å². The highest BCUT2D eigenvalue weighted by atomic mass is 32.1. The van der Waals surface area contributed by atoms with E-state index in [1.165, 1.54) is 6.08 Å². The van der Waals surface area contributed by atoms with Crippen molar-refractivity contribution in [2.45, 2.75) is 20.4 Å². The van der Waals surface area contributed by atoms with E-state index in [1.807, 2.05) is 0 Å². The number of carbonyl (C=O) groups is 3. The number of carbonyl (C=O) groups excluding carboxylic acids is 3. The van der Waals surface area contributed by atoms with Crippen LogP contribution in [-0.4, -0.2) is 59.5 Å². The topological polar surface area (TPSA) is 131 Å². The number of fused-ring (bicyclic) bond motifs is 1. The first-order chi connectivity index (χ1) is 16.7. The monoisotopic (exact) mass is 498 g/mol. The minimum Gasteiger partial charge on any atom is -0.462 e. The molecule has 0 unspecified atom stereocenters. The first-order valence-electron chi connectivity index (χ1n) is 10.8. The molecule has 0 aliphatic rings. The first-order valence-corrected chi connectivity index (χ1v) is 11.6. The van der Waals surface area contributed by atoms with Crippen LogP contribution in [-0.2, 0) is 20.8 Å². The number of nitrogens with one attached hydrogen (secondary N) is 2. The second-order valence-corrected chi connectivity index (χ2v) is 8.64. The van der Waals surface area contributed by atoms with Crippen LogP contribution in [0.4, 0.5) is 5.00 Å². The molecular weight excluding hydrogens is 472 g/mol. The minimum atomic E-state index is -0.648. The highest BCUT2D eigenvalue weighted by Gasteiger charge is 2.27. The van der Waals surface area contributed by atoms with Gasteiger partial charge in [-0.15, -0.1) is 11.3 Å². The molecule has 0 radical (unpaired) electrons. The smallest absolute Gasteiger partial charge is 0.348 e. The molecule has 1 aromatic carbocycles. The van der Waals surface area contributed by atoms with Gasteiger partial charge in [-0.3, -0.25) is 14.5 Å². The highest BCUT2D eigenvalue weighted by molar-refractivity contribution is 7.18. The van der Waals surface area contributed by atoms with E-state index in [-0.39, 0.29) is 47.3 Å². The summed E-state index contributed by atoms with van der Waals surface area (Å²) in [4.78, 5) is 59.0. The molecule has 1 amide bonds. The standard InChI is InChI=1S/C24H26N4O6S/c1-5-11-34-24(32)20-14(3)19(23(31)33-6-2)22(35-20)27-18(29)13-28(4)12-17-25-16-10-8-7-9-15(16)21(30)26-17/h5,7-10H,1,6,11-13H2,2-4H3,(H,27,29)(H,25,26,30). The van der Waals surface area contributed by atoms with Gasteiger partial charge in [0, 0.05) is 0 Å². The van der Waals surface area contributed by atoms with Crippen molar-refractivity contribution in [2.75, 3.05) is 32.1 Å². The second-order valence-electron chi connectivity index (χ2n) is 7.62. The molecule has 3 rings (SSSR count). The fourth-order valence-corrected chi connectivity index (χ4v) is 4.48. The van der Waals surface area contributed by atoms with Gasteiger partial charge in [-0.05, 0) is 38.6 Å². The van der Waals surface area contributed by atoms with Crippen LogP contribution in [0.5, 0.6) is 0 Å². The van der Waals surface area contributed by atoms with E-state index in [1.54, 1.807) is 50.1 Å². The number of amides is 1. The Morgan fingerprint density at radius 1 is 1.23 bits per heavy atom. The molecule has 3 aromatic rings. The van der Waals surface area contributed by atoms with Crippen LogP contribution in [0.3, 0.4) is 0 Å². The first kappa shape index (κ1) is 25.8. The number of thiophene rings is 1. The average Bonchev–Trinajstić information content (AvgIpc) is 3.13. The molecule has 184 valence electrons. The maximum absolute atomic E-state index is 12.8. The molecule has 2 N–H and O–H groups in total. The highest BCUT2D eigenvalue weighted by Crippen LogP contribution is 2.34. The summed E-state index contributed by atoms with van der Waals surface area (Å²) in [5.41, 5.74) is 0.781. The summed E-state index contributed by atoms with van der Waals surface area (Å²) in [5, 5.41) is 3.38. The Morgan fingerprint density at radius 3 is 2.69 bits per heavy atom. The molecule has 0 aliphatic heterocycles. The normalized spacial score (nSPS) is 10.9. The lowest BCUT2D eigenvalue weighted by Gasteiger charge is -2.16. The Balaban J connectivity index is 1.75. The number of benzene rings is 1. The van der Waals surface area contributed by atoms with Crippen molar-refractivity contribution in [1.29, 1.82) is 0 Å². The number of likely N-dealkylation sites (N-methyl/N-ethyl adjacent to an activating group) is 1. The van der Waals surface area contributed by atoms with Gasteiger partial charge in [-0.2, -0.15) is 0 Å². The Morgan fingerprint density at radius 2 is 1.97 bits per heavy atom. The van der Waals surface area contributed by atoms with Crippen molar-refractivity contribution < 1.29 is 23.9 Å². The van der Waals surface area contributed by atoms with E-state index in [4.69, 9.17) is 9.47 Å². The summed E-state index contributed by atoms with van der Waals surface area (Å²) in [6.45, 7) is 7.06. The number of anilines is 1. The number of para-hydroxylation sites is 1. The van der Waals surface area contributed by atoms with Crippen molar-refractivity contribution >= 4 is 45.1 Å². The molecule has 11 heteroatoms. The number of aromatic nitrogens is 2. The maximum atomic E-state index is 12.8. The third kappa shape index (κ3) is 6.19. The van der Waals surface area contributed by atoms with Crippen molar-refractivity contribution in [2.24, 2.45) is 0 Å². The fourth-order valence-electron chi connectivity index (χ4n) is 3.38. The SMILES string of the molecule is C=CCOC(=O)c1sc(NC(=O)CN(C)Cc2nc3ccccc3c(=O)[nH]2)c(C(=O)OCC)c1C. The summed E-state index contributed by atoms with van der Waals surface area (Å²) < 4.78 is 10.2. The van der Waals surface area contributed by atoms with Gasteiger partial charge in [0.15, 0.2) is 0 Å². The third-order valence-corrected chi connectivity index (χ3v) is 6.08. The van der Waals surface area contributed by atoms with E-state index in [9.17, 15) is 19.2 Å². The minimum absolute atomic E-state index is 0.0162. The van der Waals surface area contributed by atoms with E-state index in [0.717, 1.165) is 11.3 Å².